The normalized spacial score (nSPS) is 14.5. The van der Waals surface area contributed by atoms with Gasteiger partial charge in [0.05, 0.1) is 16.6 Å². The zero-order valence-corrected chi connectivity index (χ0v) is 12.6. The summed E-state index contributed by atoms with van der Waals surface area (Å²) in [6.45, 7) is 1.98. The van der Waals surface area contributed by atoms with Crippen molar-refractivity contribution in [2.24, 2.45) is 0 Å². The number of aromatic nitrogens is 3. The molecule has 0 unspecified atom stereocenters. The van der Waals surface area contributed by atoms with Gasteiger partial charge in [-0.1, -0.05) is 35.6 Å². The van der Waals surface area contributed by atoms with E-state index in [1.165, 1.54) is 22.5 Å². The quantitative estimate of drug-likeness (QED) is 0.790. The zero-order chi connectivity index (χ0) is 14.4. The smallest absolute Gasteiger partial charge is 0.180 e. The second-order valence-corrected chi connectivity index (χ2v) is 6.51. The molecule has 1 aliphatic carbocycles. The van der Waals surface area contributed by atoms with Crippen LogP contribution in [0, 0.1) is 6.92 Å². The highest BCUT2D eigenvalue weighted by molar-refractivity contribution is 7.18. The topological polar surface area (TPSA) is 56.7 Å². The van der Waals surface area contributed by atoms with Gasteiger partial charge in [0.2, 0.25) is 0 Å². The molecule has 0 radical (unpaired) electrons. The summed E-state index contributed by atoms with van der Waals surface area (Å²) in [6, 6.07) is 11.1. The molecule has 0 amide bonds. The first-order valence-corrected chi connectivity index (χ1v) is 7.87. The van der Waals surface area contributed by atoms with Gasteiger partial charge in [-0.2, -0.15) is 5.10 Å². The monoisotopic (exact) mass is 296 g/mol. The second kappa shape index (κ2) is 4.70. The minimum Gasteiger partial charge on any atom is -0.375 e. The Morgan fingerprint density at radius 3 is 2.52 bits per heavy atom. The van der Waals surface area contributed by atoms with Crippen LogP contribution in [0.4, 0.5) is 5.13 Å². The molecule has 106 valence electrons. The first kappa shape index (κ1) is 12.6. The van der Waals surface area contributed by atoms with E-state index in [0.717, 1.165) is 29.1 Å². The lowest BCUT2D eigenvalue weighted by molar-refractivity contribution is 0.476. The van der Waals surface area contributed by atoms with Crippen LogP contribution in [0.25, 0.3) is 10.6 Å². The van der Waals surface area contributed by atoms with Gasteiger partial charge in [0.25, 0.3) is 0 Å². The summed E-state index contributed by atoms with van der Waals surface area (Å²) in [6.07, 6.45) is 4.18. The number of fused-ring (bicyclic) bond motifs is 1. The minimum absolute atomic E-state index is 0.418. The van der Waals surface area contributed by atoms with Crippen molar-refractivity contribution in [2.45, 2.75) is 25.8 Å². The van der Waals surface area contributed by atoms with Gasteiger partial charge >= 0.3 is 0 Å². The van der Waals surface area contributed by atoms with Crippen molar-refractivity contribution in [1.82, 2.24) is 14.8 Å². The summed E-state index contributed by atoms with van der Waals surface area (Å²) in [7, 11) is 0. The van der Waals surface area contributed by atoms with Gasteiger partial charge < -0.3 is 5.73 Å². The number of hydrogen-bond acceptors (Lipinski definition) is 4. The largest absolute Gasteiger partial charge is 0.375 e. The number of aryl methyl sites for hydroxylation is 1. The van der Waals surface area contributed by atoms with Crippen LogP contribution in [0.2, 0.25) is 0 Å². The summed E-state index contributed by atoms with van der Waals surface area (Å²) in [5, 5.41) is 5.35. The molecule has 0 bridgehead atoms. The Morgan fingerprint density at radius 1 is 1.19 bits per heavy atom. The Balaban J connectivity index is 1.63. The molecule has 0 saturated carbocycles. The highest BCUT2D eigenvalue weighted by Gasteiger charge is 2.23. The van der Waals surface area contributed by atoms with E-state index in [4.69, 9.17) is 10.8 Å². The summed E-state index contributed by atoms with van der Waals surface area (Å²) in [5.41, 5.74) is 10.6. The number of nitrogen functional groups attached to an aromatic ring is 1. The van der Waals surface area contributed by atoms with Crippen molar-refractivity contribution in [1.29, 1.82) is 0 Å². The molecular weight excluding hydrogens is 280 g/mol. The highest BCUT2D eigenvalue weighted by Crippen LogP contribution is 2.33. The van der Waals surface area contributed by atoms with Crippen molar-refractivity contribution in [3.8, 4) is 10.6 Å². The number of nitrogens with two attached hydrogens (primary N) is 1. The average Bonchev–Trinajstić information content (AvgIpc) is 3.15. The van der Waals surface area contributed by atoms with Gasteiger partial charge in [0, 0.05) is 6.20 Å². The van der Waals surface area contributed by atoms with Crippen molar-refractivity contribution < 1.29 is 0 Å². The van der Waals surface area contributed by atoms with Crippen LogP contribution in [0.1, 0.15) is 22.9 Å². The van der Waals surface area contributed by atoms with E-state index < -0.39 is 0 Å². The number of thiazole rings is 1. The highest BCUT2D eigenvalue weighted by atomic mass is 32.1. The van der Waals surface area contributed by atoms with Crippen molar-refractivity contribution in [2.75, 3.05) is 5.73 Å². The van der Waals surface area contributed by atoms with E-state index in [1.807, 2.05) is 6.92 Å². The fourth-order valence-electron chi connectivity index (χ4n) is 3.04. The Hall–Kier alpha value is -2.14. The fourth-order valence-corrected chi connectivity index (χ4v) is 3.84. The average molecular weight is 296 g/mol. The van der Waals surface area contributed by atoms with E-state index in [-0.39, 0.29) is 0 Å². The third-order valence-corrected chi connectivity index (χ3v) is 5.07. The summed E-state index contributed by atoms with van der Waals surface area (Å²) in [4.78, 5) is 5.34. The van der Waals surface area contributed by atoms with Crippen LogP contribution in [0.15, 0.2) is 36.5 Å². The molecule has 2 heterocycles. The molecule has 0 fully saturated rings. The Labute approximate surface area is 127 Å². The molecule has 21 heavy (non-hydrogen) atoms. The first-order valence-electron chi connectivity index (χ1n) is 7.06. The standard InChI is InChI=1S/C16H16N4S/c1-10-15(21-16(17)18-10)14-6-7-20(19-14)13-8-11-4-2-3-5-12(11)9-13/h2-7,13H,8-9H2,1H3,(H2,17,18). The lowest BCUT2D eigenvalue weighted by atomic mass is 10.1. The van der Waals surface area contributed by atoms with Crippen LogP contribution in [0.5, 0.6) is 0 Å². The van der Waals surface area contributed by atoms with E-state index in [9.17, 15) is 0 Å². The Bertz CT molecular complexity index is 777. The van der Waals surface area contributed by atoms with Gasteiger partial charge in [-0.3, -0.25) is 4.68 Å². The van der Waals surface area contributed by atoms with Gasteiger partial charge in [-0.25, -0.2) is 4.98 Å². The van der Waals surface area contributed by atoms with Crippen molar-refractivity contribution in [3.05, 3.63) is 53.3 Å². The van der Waals surface area contributed by atoms with Crippen LogP contribution in [-0.4, -0.2) is 14.8 Å². The Morgan fingerprint density at radius 2 is 1.90 bits per heavy atom. The molecule has 5 heteroatoms. The molecule has 4 nitrogen and oxygen atoms in total. The Kier molecular flexibility index (Phi) is 2.82. The molecule has 1 aromatic carbocycles. The molecule has 3 aromatic rings. The predicted octanol–water partition coefficient (Wildman–Crippen LogP) is 3.24. The number of anilines is 1. The maximum atomic E-state index is 5.78. The lowest BCUT2D eigenvalue weighted by Gasteiger charge is -2.09. The summed E-state index contributed by atoms with van der Waals surface area (Å²) < 4.78 is 2.09. The molecule has 4 rings (SSSR count). The number of hydrogen-bond donors (Lipinski definition) is 1. The summed E-state index contributed by atoms with van der Waals surface area (Å²) >= 11 is 1.50. The molecule has 2 N–H and O–H groups in total. The zero-order valence-electron chi connectivity index (χ0n) is 11.8. The van der Waals surface area contributed by atoms with Crippen LogP contribution >= 0.6 is 11.3 Å². The minimum atomic E-state index is 0.418. The molecule has 0 saturated heterocycles. The van der Waals surface area contributed by atoms with E-state index >= 15 is 0 Å². The number of rotatable bonds is 2. The molecular formula is C16H16N4S. The van der Waals surface area contributed by atoms with E-state index in [1.54, 1.807) is 0 Å². The molecule has 0 spiro atoms. The first-order chi connectivity index (χ1) is 10.2. The molecule has 1 aliphatic rings. The lowest BCUT2D eigenvalue weighted by Crippen LogP contribution is -2.09. The van der Waals surface area contributed by atoms with E-state index in [0.29, 0.717) is 11.2 Å². The maximum Gasteiger partial charge on any atom is 0.180 e. The predicted molar refractivity (Wildman–Crippen MR) is 85.4 cm³/mol. The van der Waals surface area contributed by atoms with Crippen LogP contribution in [-0.2, 0) is 12.8 Å². The molecule has 0 aliphatic heterocycles. The molecule has 0 atom stereocenters. The number of benzene rings is 1. The van der Waals surface area contributed by atoms with Crippen LogP contribution in [0.3, 0.4) is 0 Å². The molecule has 2 aromatic heterocycles. The third-order valence-electron chi connectivity index (χ3n) is 4.06. The third kappa shape index (κ3) is 2.14. The van der Waals surface area contributed by atoms with Crippen molar-refractivity contribution in [3.63, 3.8) is 0 Å². The van der Waals surface area contributed by atoms with Gasteiger partial charge in [0.15, 0.2) is 5.13 Å². The van der Waals surface area contributed by atoms with E-state index in [2.05, 4.69) is 46.2 Å². The van der Waals surface area contributed by atoms with Gasteiger partial charge in [0.1, 0.15) is 5.69 Å². The SMILES string of the molecule is Cc1nc(N)sc1-c1ccn(C2Cc3ccccc3C2)n1. The van der Waals surface area contributed by atoms with Gasteiger partial charge in [-0.05, 0) is 37.0 Å². The fraction of sp³-hybridized carbons (Fsp3) is 0.250. The van der Waals surface area contributed by atoms with Crippen LogP contribution < -0.4 is 5.73 Å². The number of nitrogens with zero attached hydrogens (tertiary/aromatic N) is 3. The second-order valence-electron chi connectivity index (χ2n) is 5.48. The summed E-state index contributed by atoms with van der Waals surface area (Å²) in [5.74, 6) is 0. The van der Waals surface area contributed by atoms with Crippen molar-refractivity contribution >= 4 is 16.5 Å². The van der Waals surface area contributed by atoms with Gasteiger partial charge in [-0.15, -0.1) is 0 Å². The maximum absolute atomic E-state index is 5.78.